The molecule has 2 atom stereocenters. The van der Waals surface area contributed by atoms with Gasteiger partial charge in [0.05, 0.1) is 34.3 Å². The first kappa shape index (κ1) is 28.4. The maximum absolute atomic E-state index is 15.1. The van der Waals surface area contributed by atoms with Gasteiger partial charge in [-0.05, 0) is 31.2 Å². The van der Waals surface area contributed by atoms with Gasteiger partial charge in [-0.25, -0.2) is 18.0 Å². The van der Waals surface area contributed by atoms with Gasteiger partial charge in [-0.3, -0.25) is 14.3 Å². The maximum atomic E-state index is 15.1. The van der Waals surface area contributed by atoms with Crippen LogP contribution in [0.5, 0.6) is 11.5 Å². The fraction of sp³-hybridized carbons (Fsp3) is 0.414. The minimum Gasteiger partial charge on any atom is -0.507 e. The molecule has 1 amide bonds. The fourth-order valence-corrected chi connectivity index (χ4v) is 6.56. The topological polar surface area (TPSA) is 91.1 Å². The second kappa shape index (κ2) is 10.5. The first-order valence-electron chi connectivity index (χ1n) is 13.7. The SMILES string of the molecule is C=CC(=O)N1CCN(c2nc(=O)n3c4c(c(-c5c(O)cccc5F)c(Cl)cc24)OC[C@H]3CN2CCC(F)(F)C2)[C@@H](C)C1. The number of benzene rings is 2. The Bertz CT molecular complexity index is 1640. The van der Waals surface area contributed by atoms with Gasteiger partial charge in [-0.15, -0.1) is 0 Å². The van der Waals surface area contributed by atoms with Crippen LogP contribution in [0, 0.1) is 5.82 Å². The van der Waals surface area contributed by atoms with Crippen molar-refractivity contribution in [2.24, 2.45) is 0 Å². The molecule has 222 valence electrons. The smallest absolute Gasteiger partial charge is 0.350 e. The van der Waals surface area contributed by atoms with E-state index in [2.05, 4.69) is 11.6 Å². The third-order valence-corrected chi connectivity index (χ3v) is 8.53. The van der Waals surface area contributed by atoms with Gasteiger partial charge in [0.25, 0.3) is 5.92 Å². The van der Waals surface area contributed by atoms with Crippen molar-refractivity contribution in [3.8, 4) is 22.6 Å². The Labute approximate surface area is 244 Å². The van der Waals surface area contributed by atoms with Crippen LogP contribution in [0.1, 0.15) is 19.4 Å². The maximum Gasteiger partial charge on any atom is 0.350 e. The van der Waals surface area contributed by atoms with Gasteiger partial charge < -0.3 is 19.6 Å². The molecule has 0 aliphatic carbocycles. The molecule has 0 unspecified atom stereocenters. The average Bonchev–Trinajstić information content (AvgIpc) is 3.29. The van der Waals surface area contributed by atoms with Gasteiger partial charge in [0.15, 0.2) is 5.75 Å². The predicted molar refractivity (Wildman–Crippen MR) is 152 cm³/mol. The monoisotopic (exact) mass is 603 g/mol. The zero-order valence-electron chi connectivity index (χ0n) is 22.8. The molecule has 0 spiro atoms. The van der Waals surface area contributed by atoms with Gasteiger partial charge in [-0.1, -0.05) is 24.2 Å². The van der Waals surface area contributed by atoms with Gasteiger partial charge in [0.2, 0.25) is 5.91 Å². The number of phenolic OH excluding ortho intramolecular Hbond substituents is 1. The first-order valence-corrected chi connectivity index (χ1v) is 14.0. The van der Waals surface area contributed by atoms with Crippen LogP contribution in [0.15, 0.2) is 41.7 Å². The summed E-state index contributed by atoms with van der Waals surface area (Å²) in [6.45, 7) is 6.32. The van der Waals surface area contributed by atoms with Crippen LogP contribution in [0.2, 0.25) is 5.02 Å². The molecule has 6 rings (SSSR count). The standard InChI is InChI=1S/C29H29ClF3N5O4/c1-3-22(40)36-9-10-37(16(2)12-36)27-18-11-19(30)23(24-20(31)5-4-6-21(24)39)26-25(18)38(28(41)34-27)17(14-42-26)13-35-8-7-29(32,33)15-35/h3-6,11,16-17,39H,1,7-10,12-15H2,2H3/t16-,17+/m0/s1. The van der Waals surface area contributed by atoms with Crippen molar-refractivity contribution < 1.29 is 27.8 Å². The molecule has 9 nitrogen and oxygen atoms in total. The summed E-state index contributed by atoms with van der Waals surface area (Å²) >= 11 is 6.77. The summed E-state index contributed by atoms with van der Waals surface area (Å²) in [7, 11) is 0. The molecule has 4 heterocycles. The summed E-state index contributed by atoms with van der Waals surface area (Å²) in [5, 5.41) is 11.1. The van der Waals surface area contributed by atoms with E-state index in [1.165, 1.54) is 28.8 Å². The lowest BCUT2D eigenvalue weighted by Crippen LogP contribution is -2.54. The molecule has 3 aliphatic heterocycles. The quantitative estimate of drug-likeness (QED) is 0.440. The van der Waals surface area contributed by atoms with E-state index in [0.29, 0.717) is 30.8 Å². The van der Waals surface area contributed by atoms with Crippen molar-refractivity contribution in [1.29, 1.82) is 0 Å². The zero-order valence-corrected chi connectivity index (χ0v) is 23.6. The molecule has 42 heavy (non-hydrogen) atoms. The minimum absolute atomic E-state index is 0.0666. The van der Waals surface area contributed by atoms with E-state index in [9.17, 15) is 23.5 Å². The van der Waals surface area contributed by atoms with Crippen molar-refractivity contribution in [3.63, 3.8) is 0 Å². The number of carbonyl (C=O) groups excluding carboxylic acids is 1. The number of phenols is 1. The summed E-state index contributed by atoms with van der Waals surface area (Å²) < 4.78 is 50.7. The third-order valence-electron chi connectivity index (χ3n) is 8.23. The number of hydrogen-bond acceptors (Lipinski definition) is 7. The van der Waals surface area contributed by atoms with Crippen molar-refractivity contribution in [2.45, 2.75) is 31.4 Å². The number of nitrogens with zero attached hydrogens (tertiary/aromatic N) is 5. The van der Waals surface area contributed by atoms with Crippen LogP contribution in [0.25, 0.3) is 22.0 Å². The lowest BCUT2D eigenvalue weighted by Gasteiger charge is -2.41. The lowest BCUT2D eigenvalue weighted by molar-refractivity contribution is -0.126. The number of carbonyl (C=O) groups is 1. The molecule has 1 N–H and O–H groups in total. The zero-order chi connectivity index (χ0) is 29.9. The van der Waals surface area contributed by atoms with Crippen LogP contribution in [0.4, 0.5) is 19.0 Å². The summed E-state index contributed by atoms with van der Waals surface area (Å²) in [5.74, 6) is -3.71. The highest BCUT2D eigenvalue weighted by Gasteiger charge is 2.41. The van der Waals surface area contributed by atoms with Crippen molar-refractivity contribution in [3.05, 3.63) is 58.2 Å². The number of rotatable bonds is 5. The average molecular weight is 604 g/mol. The van der Waals surface area contributed by atoms with Crippen molar-refractivity contribution >= 4 is 34.2 Å². The van der Waals surface area contributed by atoms with E-state index in [4.69, 9.17) is 16.3 Å². The highest BCUT2D eigenvalue weighted by Crippen LogP contribution is 2.49. The molecule has 2 fully saturated rings. The highest BCUT2D eigenvalue weighted by atomic mass is 35.5. The third kappa shape index (κ3) is 4.76. The number of halogens is 4. The largest absolute Gasteiger partial charge is 0.507 e. The predicted octanol–water partition coefficient (Wildman–Crippen LogP) is 4.06. The number of piperazine rings is 1. The number of amides is 1. The Morgan fingerprint density at radius 3 is 2.74 bits per heavy atom. The molecule has 0 saturated carbocycles. The number of likely N-dealkylation sites (tertiary alicyclic amines) is 1. The molecule has 0 radical (unpaired) electrons. The molecule has 3 aromatic rings. The molecule has 1 aromatic heterocycles. The van der Waals surface area contributed by atoms with Crippen LogP contribution in [-0.4, -0.2) is 88.2 Å². The van der Waals surface area contributed by atoms with Crippen LogP contribution in [0.3, 0.4) is 0 Å². The van der Waals surface area contributed by atoms with E-state index in [-0.39, 0.29) is 71.2 Å². The van der Waals surface area contributed by atoms with E-state index in [0.717, 1.165) is 0 Å². The Hall–Kier alpha value is -3.77. The van der Waals surface area contributed by atoms with E-state index in [1.807, 2.05) is 11.8 Å². The highest BCUT2D eigenvalue weighted by molar-refractivity contribution is 6.35. The molecular weight excluding hydrogens is 575 g/mol. The van der Waals surface area contributed by atoms with Gasteiger partial charge in [0, 0.05) is 50.6 Å². The molecule has 13 heteroatoms. The fourth-order valence-electron chi connectivity index (χ4n) is 6.27. The molecule has 0 bridgehead atoms. The summed E-state index contributed by atoms with van der Waals surface area (Å²) in [5.41, 5.74) is -0.447. The van der Waals surface area contributed by atoms with Crippen molar-refractivity contribution in [1.82, 2.24) is 19.4 Å². The number of ether oxygens (including phenoxy) is 1. The Morgan fingerprint density at radius 2 is 2.07 bits per heavy atom. The van der Waals surface area contributed by atoms with Gasteiger partial charge in [-0.2, -0.15) is 4.98 Å². The van der Waals surface area contributed by atoms with Gasteiger partial charge >= 0.3 is 5.69 Å². The van der Waals surface area contributed by atoms with E-state index in [1.54, 1.807) is 15.9 Å². The van der Waals surface area contributed by atoms with Crippen molar-refractivity contribution in [2.75, 3.05) is 50.8 Å². The van der Waals surface area contributed by atoms with E-state index < -0.39 is 30.0 Å². The molecular formula is C29H29ClF3N5O4. The Balaban J connectivity index is 1.54. The second-order valence-electron chi connectivity index (χ2n) is 11.0. The number of alkyl halides is 2. The Kier molecular flexibility index (Phi) is 7.09. The van der Waals surface area contributed by atoms with Crippen LogP contribution < -0.4 is 15.3 Å². The number of aromatic hydroxyl groups is 1. The summed E-state index contributed by atoms with van der Waals surface area (Å²) in [6, 6.07) is 4.51. The Morgan fingerprint density at radius 1 is 1.29 bits per heavy atom. The minimum atomic E-state index is -2.82. The number of aromatic nitrogens is 2. The summed E-state index contributed by atoms with van der Waals surface area (Å²) in [4.78, 5) is 35.6. The summed E-state index contributed by atoms with van der Waals surface area (Å²) in [6.07, 6.45) is 0.978. The van der Waals surface area contributed by atoms with E-state index >= 15 is 4.39 Å². The lowest BCUT2D eigenvalue weighted by atomic mass is 9.98. The molecule has 2 saturated heterocycles. The van der Waals surface area contributed by atoms with Crippen LogP contribution >= 0.6 is 11.6 Å². The number of hydrogen-bond donors (Lipinski definition) is 1. The van der Waals surface area contributed by atoms with Gasteiger partial charge in [0.1, 0.15) is 24.0 Å². The normalized spacial score (nSPS) is 21.9. The van der Waals surface area contributed by atoms with Crippen LogP contribution in [-0.2, 0) is 4.79 Å². The molecule has 2 aromatic carbocycles. The molecule has 3 aliphatic rings. The second-order valence-corrected chi connectivity index (χ2v) is 11.4. The number of anilines is 1. The first-order chi connectivity index (χ1) is 20.0.